The summed E-state index contributed by atoms with van der Waals surface area (Å²) in [6.45, 7) is 0. The van der Waals surface area contributed by atoms with Gasteiger partial charge in [-0.3, -0.25) is 4.98 Å². The molecule has 0 fully saturated rings. The summed E-state index contributed by atoms with van der Waals surface area (Å²) in [5.41, 5.74) is 13.2. The van der Waals surface area contributed by atoms with Crippen molar-refractivity contribution >= 4 is 43.5 Å². The second-order valence-corrected chi connectivity index (χ2v) is 14.2. The molecule has 5 nitrogen and oxygen atoms in total. The van der Waals surface area contributed by atoms with Crippen LogP contribution in [0.3, 0.4) is 0 Å². The van der Waals surface area contributed by atoms with E-state index < -0.39 is 0 Å². The first kappa shape index (κ1) is 32.7. The lowest BCUT2D eigenvalue weighted by molar-refractivity contribution is 1.16. The van der Waals surface area contributed by atoms with Gasteiger partial charge < -0.3 is 4.57 Å². The third-order valence-electron chi connectivity index (χ3n) is 10.8. The maximum atomic E-state index is 5.35. The molecule has 0 aliphatic carbocycles. The molecule has 0 aliphatic rings. The molecule has 0 unspecified atom stereocenters. The minimum atomic E-state index is 0.669. The second-order valence-electron chi connectivity index (χ2n) is 14.2. The highest BCUT2D eigenvalue weighted by atomic mass is 15.0. The van der Waals surface area contributed by atoms with Gasteiger partial charge in [0.25, 0.3) is 0 Å². The third-order valence-corrected chi connectivity index (χ3v) is 10.8. The fourth-order valence-electron chi connectivity index (χ4n) is 8.21. The van der Waals surface area contributed by atoms with Gasteiger partial charge >= 0.3 is 0 Å². The Morgan fingerprint density at radius 1 is 0.351 bits per heavy atom. The van der Waals surface area contributed by atoms with Crippen LogP contribution in [-0.2, 0) is 0 Å². The minimum absolute atomic E-state index is 0.669. The van der Waals surface area contributed by atoms with Gasteiger partial charge in [0.2, 0.25) is 0 Å². The predicted octanol–water partition coefficient (Wildman–Crippen LogP) is 13.0. The summed E-state index contributed by atoms with van der Waals surface area (Å²) in [5.74, 6) is 0.669. The lowest BCUT2D eigenvalue weighted by Gasteiger charge is -2.14. The fraction of sp³-hybridized carbons (Fsp3) is 0. The van der Waals surface area contributed by atoms with E-state index in [0.717, 1.165) is 72.6 Å². The zero-order chi connectivity index (χ0) is 37.7. The largest absolute Gasteiger partial charge is 0.309 e. The van der Waals surface area contributed by atoms with Crippen molar-refractivity contribution in [1.82, 2.24) is 24.5 Å². The Bertz CT molecular complexity index is 3210. The quantitative estimate of drug-likeness (QED) is 0.160. The molecule has 0 N–H and O–H groups in total. The number of hydrogen-bond acceptors (Lipinski definition) is 4. The zero-order valence-corrected chi connectivity index (χ0v) is 30.8. The number of rotatable bonds is 6. The summed E-state index contributed by atoms with van der Waals surface area (Å²) < 4.78 is 2.38. The van der Waals surface area contributed by atoms with Crippen LogP contribution in [0.2, 0.25) is 0 Å². The molecule has 0 amide bonds. The Hall–Kier alpha value is -7.76. The standard InChI is InChI=1S/C52H33N5/c1-3-14-36(15-4-1)52-55-45(33-46(56-52)44-23-11-12-31-53-44)35-27-25-34(26-28-35)37-16-13-17-38(32-37)51-42-29-30-48-50(49(42)40-20-7-9-22-43(40)54-51)41-21-8-10-24-47(41)57(48)39-18-5-2-6-19-39/h1-33H. The maximum absolute atomic E-state index is 5.35. The molecule has 0 bridgehead atoms. The van der Waals surface area contributed by atoms with E-state index in [0.29, 0.717) is 5.82 Å². The maximum Gasteiger partial charge on any atom is 0.160 e. The summed E-state index contributed by atoms with van der Waals surface area (Å²) in [7, 11) is 0. The molecule has 11 rings (SSSR count). The van der Waals surface area contributed by atoms with Crippen LogP contribution in [0.25, 0.3) is 106 Å². The second kappa shape index (κ2) is 13.5. The molecule has 5 heteroatoms. The molecule has 0 saturated heterocycles. The van der Waals surface area contributed by atoms with Crippen molar-refractivity contribution in [1.29, 1.82) is 0 Å². The molecule has 0 spiro atoms. The summed E-state index contributed by atoms with van der Waals surface area (Å²) in [6.07, 6.45) is 1.80. The van der Waals surface area contributed by atoms with Crippen LogP contribution in [0.4, 0.5) is 0 Å². The molecular formula is C52H33N5. The van der Waals surface area contributed by atoms with E-state index >= 15 is 0 Å². The number of nitrogens with zero attached hydrogens (tertiary/aromatic N) is 5. The van der Waals surface area contributed by atoms with Crippen molar-refractivity contribution in [3.63, 3.8) is 0 Å². The molecule has 266 valence electrons. The lowest BCUT2D eigenvalue weighted by Crippen LogP contribution is -1.96. The van der Waals surface area contributed by atoms with Crippen LogP contribution in [0.15, 0.2) is 200 Å². The monoisotopic (exact) mass is 727 g/mol. The Labute approximate surface area is 329 Å². The van der Waals surface area contributed by atoms with Crippen molar-refractivity contribution < 1.29 is 0 Å². The first-order chi connectivity index (χ1) is 28.3. The highest BCUT2D eigenvalue weighted by molar-refractivity contribution is 6.29. The highest BCUT2D eigenvalue weighted by Gasteiger charge is 2.20. The van der Waals surface area contributed by atoms with Crippen LogP contribution in [0, 0.1) is 0 Å². The van der Waals surface area contributed by atoms with Gasteiger partial charge in [-0.05, 0) is 65.7 Å². The van der Waals surface area contributed by atoms with Gasteiger partial charge in [-0.2, -0.15) is 0 Å². The topological polar surface area (TPSA) is 56.5 Å². The summed E-state index contributed by atoms with van der Waals surface area (Å²) in [4.78, 5) is 19.9. The zero-order valence-electron chi connectivity index (χ0n) is 30.8. The van der Waals surface area contributed by atoms with E-state index in [4.69, 9.17) is 15.0 Å². The number of fused-ring (bicyclic) bond motifs is 7. The van der Waals surface area contributed by atoms with E-state index in [1.165, 1.54) is 27.2 Å². The molecule has 11 aromatic rings. The SMILES string of the molecule is c1ccc(-c2nc(-c3ccc(-c4cccc(-c5nc6ccccc6c6c5ccc5c6c6ccccc6n5-c5ccccc5)c4)cc3)cc(-c3ccccn3)n2)cc1. The van der Waals surface area contributed by atoms with E-state index in [2.05, 4.69) is 149 Å². The average molecular weight is 728 g/mol. The molecule has 0 aliphatic heterocycles. The van der Waals surface area contributed by atoms with Crippen molar-refractivity contribution in [2.45, 2.75) is 0 Å². The smallest absolute Gasteiger partial charge is 0.160 e. The normalized spacial score (nSPS) is 11.5. The number of hydrogen-bond donors (Lipinski definition) is 0. The van der Waals surface area contributed by atoms with Crippen molar-refractivity contribution in [2.24, 2.45) is 0 Å². The van der Waals surface area contributed by atoms with E-state index in [1.54, 1.807) is 6.20 Å². The Kier molecular flexibility index (Phi) is 7.74. The van der Waals surface area contributed by atoms with Crippen LogP contribution >= 0.6 is 0 Å². The van der Waals surface area contributed by atoms with Gasteiger partial charge in [0.1, 0.15) is 0 Å². The van der Waals surface area contributed by atoms with Gasteiger partial charge in [0.05, 0.1) is 39.3 Å². The first-order valence-electron chi connectivity index (χ1n) is 19.1. The average Bonchev–Trinajstić information content (AvgIpc) is 3.64. The van der Waals surface area contributed by atoms with Gasteiger partial charge in [0.15, 0.2) is 5.82 Å². The molecule has 7 aromatic carbocycles. The molecular weight excluding hydrogens is 695 g/mol. The van der Waals surface area contributed by atoms with Crippen LogP contribution < -0.4 is 0 Å². The van der Waals surface area contributed by atoms with Crippen molar-refractivity contribution in [2.75, 3.05) is 0 Å². The summed E-state index contributed by atoms with van der Waals surface area (Å²) in [5, 5.41) is 5.97. The van der Waals surface area contributed by atoms with E-state index in [1.807, 2.05) is 54.6 Å². The number of benzene rings is 7. The molecule has 57 heavy (non-hydrogen) atoms. The molecule has 0 saturated carbocycles. The van der Waals surface area contributed by atoms with Gasteiger partial charge in [-0.1, -0.05) is 140 Å². The van der Waals surface area contributed by atoms with Gasteiger partial charge in [-0.15, -0.1) is 0 Å². The van der Waals surface area contributed by atoms with Gasteiger partial charge in [0, 0.05) is 55.5 Å². The van der Waals surface area contributed by atoms with Crippen LogP contribution in [0.1, 0.15) is 0 Å². The Balaban J connectivity index is 1.04. The lowest BCUT2D eigenvalue weighted by atomic mass is 9.94. The highest BCUT2D eigenvalue weighted by Crippen LogP contribution is 2.42. The molecule has 0 atom stereocenters. The van der Waals surface area contributed by atoms with Crippen molar-refractivity contribution in [3.05, 3.63) is 200 Å². The predicted molar refractivity (Wildman–Crippen MR) is 234 cm³/mol. The van der Waals surface area contributed by atoms with Gasteiger partial charge in [-0.25, -0.2) is 15.0 Å². The third kappa shape index (κ3) is 5.64. The van der Waals surface area contributed by atoms with Crippen molar-refractivity contribution in [3.8, 4) is 62.1 Å². The number of pyridine rings is 2. The van der Waals surface area contributed by atoms with Crippen LogP contribution in [-0.4, -0.2) is 24.5 Å². The number of aromatic nitrogens is 5. The van der Waals surface area contributed by atoms with E-state index in [-0.39, 0.29) is 0 Å². The summed E-state index contributed by atoms with van der Waals surface area (Å²) in [6, 6.07) is 67.8. The fourth-order valence-corrected chi connectivity index (χ4v) is 8.21. The Morgan fingerprint density at radius 2 is 1.04 bits per heavy atom. The first-order valence-corrected chi connectivity index (χ1v) is 19.1. The molecule has 4 heterocycles. The molecule has 0 radical (unpaired) electrons. The summed E-state index contributed by atoms with van der Waals surface area (Å²) >= 11 is 0. The van der Waals surface area contributed by atoms with E-state index in [9.17, 15) is 0 Å². The van der Waals surface area contributed by atoms with Crippen LogP contribution in [0.5, 0.6) is 0 Å². The molecule has 4 aromatic heterocycles. The Morgan fingerprint density at radius 3 is 1.86 bits per heavy atom. The minimum Gasteiger partial charge on any atom is -0.309 e. The number of para-hydroxylation sites is 3.